The van der Waals surface area contributed by atoms with Crippen molar-refractivity contribution in [2.75, 3.05) is 0 Å². The minimum Gasteiger partial charge on any atom is -0.307 e. The molecule has 0 saturated carbocycles. The molecule has 2 aromatic heterocycles. The van der Waals surface area contributed by atoms with Crippen molar-refractivity contribution in [1.29, 1.82) is 47.4 Å². The Kier molecular flexibility index (Phi) is 12.5. The van der Waals surface area contributed by atoms with Gasteiger partial charge in [-0.25, -0.2) is 0 Å². The number of fused-ring (bicyclic) bond motifs is 6. The van der Waals surface area contributed by atoms with Crippen LogP contribution >= 0.6 is 0 Å². The lowest BCUT2D eigenvalue weighted by Gasteiger charge is -2.22. The maximum atomic E-state index is 16.5. The van der Waals surface area contributed by atoms with Crippen molar-refractivity contribution < 1.29 is 13.2 Å². The predicted octanol–water partition coefficient (Wildman–Crippen LogP) is 16.1. The molecule has 10 aromatic carbocycles. The summed E-state index contributed by atoms with van der Waals surface area (Å²) in [4.78, 5) is 0. The molecule has 0 amide bonds. The molecule has 0 saturated heterocycles. The van der Waals surface area contributed by atoms with E-state index in [0.29, 0.717) is 88.1 Å². The maximum absolute atomic E-state index is 16.5. The van der Waals surface area contributed by atoms with E-state index < -0.39 is 11.7 Å². The number of hydrogen-bond acceptors (Lipinski definition) is 9. The van der Waals surface area contributed by atoms with E-state index in [0.717, 1.165) is 6.07 Å². The Labute approximate surface area is 476 Å². The molecule has 0 unspecified atom stereocenters. The summed E-state index contributed by atoms with van der Waals surface area (Å²) >= 11 is 0. The van der Waals surface area contributed by atoms with Gasteiger partial charge in [-0.15, -0.1) is 0 Å². The lowest BCUT2D eigenvalue weighted by Crippen LogP contribution is -2.12. The molecule has 0 radical (unpaired) electrons. The summed E-state index contributed by atoms with van der Waals surface area (Å²) in [6.07, 6.45) is -5.03. The Balaban J connectivity index is 1.30. The van der Waals surface area contributed by atoms with Crippen molar-refractivity contribution in [1.82, 2.24) is 9.13 Å². The summed E-state index contributed by atoms with van der Waals surface area (Å²) in [5.41, 5.74) is 6.56. The molecule has 84 heavy (non-hydrogen) atoms. The fraction of sp³-hybridized carbons (Fsp3) is 0.0143. The van der Waals surface area contributed by atoms with Crippen LogP contribution in [-0.2, 0) is 6.18 Å². The van der Waals surface area contributed by atoms with Crippen LogP contribution in [0, 0.1) is 102 Å². The SMILES string of the molecule is N#Cc1cc(C#N)cc(-c2ccc3c4ccc(-c5cc(C#N)cc(C#N)c5)cc4n(-c4cc(-c5cccc(C#N)c5)c(C(F)(F)F)cc4-n4c5cc(-c6cc(C#N)cc(C#N)c6)ccc5c5ccc(-c6cc(C#N)cc(C#N)c6)cc54)c3c2)c1. The molecule has 0 N–H and O–H groups in total. The Morgan fingerprint density at radius 1 is 0.262 bits per heavy atom. The molecule has 2 heterocycles. The molecule has 0 aliphatic heterocycles. The second-order valence-electron chi connectivity index (χ2n) is 19.8. The monoisotopic (exact) mass is 1080 g/mol. The van der Waals surface area contributed by atoms with Crippen molar-refractivity contribution in [3.05, 3.63) is 238 Å². The van der Waals surface area contributed by atoms with Gasteiger partial charge in [-0.3, -0.25) is 0 Å². The largest absolute Gasteiger partial charge is 0.417 e. The van der Waals surface area contributed by atoms with Crippen LogP contribution in [0.15, 0.2) is 182 Å². The van der Waals surface area contributed by atoms with Crippen LogP contribution in [0.2, 0.25) is 0 Å². The van der Waals surface area contributed by atoms with E-state index in [2.05, 4.69) is 54.6 Å². The molecule has 11 nitrogen and oxygen atoms in total. The fourth-order valence-electron chi connectivity index (χ4n) is 11.1. The van der Waals surface area contributed by atoms with E-state index in [4.69, 9.17) is 0 Å². The first kappa shape index (κ1) is 51.7. The highest BCUT2D eigenvalue weighted by Crippen LogP contribution is 2.47. The van der Waals surface area contributed by atoms with E-state index in [9.17, 15) is 47.4 Å². The molecule has 386 valence electrons. The number of aromatic nitrogens is 2. The van der Waals surface area contributed by atoms with E-state index in [-0.39, 0.29) is 72.6 Å². The lowest BCUT2D eigenvalue weighted by atomic mass is 9.95. The molecule has 0 bridgehead atoms. The first-order valence-electron chi connectivity index (χ1n) is 25.5. The minimum atomic E-state index is -5.03. The van der Waals surface area contributed by atoms with Gasteiger partial charge in [0.2, 0.25) is 0 Å². The van der Waals surface area contributed by atoms with Crippen LogP contribution < -0.4 is 0 Å². The second-order valence-corrected chi connectivity index (χ2v) is 19.8. The van der Waals surface area contributed by atoms with Gasteiger partial charge in [0.05, 0.1) is 144 Å². The molecular formula is C70H30F3N11. The topological polar surface area (TPSA) is 224 Å². The standard InChI is InChI=1S/C70H30F3N11/c71-70(72,73)63-30-69(84-66-27-51(56-21-45(36-79)14-46(22-56)37-80)6-10-60(66)61-11-7-52(28-67(61)84)57-23-47(38-81)15-48(24-57)39-82)68(29-62(63)53-3-1-2-40(16-53)31-74)83-64-25-49(54-17-41(32-75)12-42(18-54)33-76)4-8-58(64)59-9-5-50(26-65(59)83)55-19-43(34-77)13-44(20-55)35-78/h1-30H. The Morgan fingerprint density at radius 3 is 0.810 bits per heavy atom. The van der Waals surface area contributed by atoms with Crippen LogP contribution in [0.25, 0.3) is 111 Å². The van der Waals surface area contributed by atoms with Crippen LogP contribution in [0.3, 0.4) is 0 Å². The molecule has 14 heteroatoms. The molecule has 12 aromatic rings. The van der Waals surface area contributed by atoms with Gasteiger partial charge in [-0.1, -0.05) is 60.7 Å². The normalized spacial score (nSPS) is 10.9. The molecule has 0 atom stereocenters. The first-order chi connectivity index (χ1) is 40.8. The first-order valence-corrected chi connectivity index (χ1v) is 25.5. The Morgan fingerprint density at radius 2 is 0.536 bits per heavy atom. The van der Waals surface area contributed by atoms with Crippen molar-refractivity contribution in [2.45, 2.75) is 6.18 Å². The zero-order valence-electron chi connectivity index (χ0n) is 43.4. The van der Waals surface area contributed by atoms with Crippen molar-refractivity contribution in [3.8, 4) is 122 Å². The predicted molar refractivity (Wildman–Crippen MR) is 310 cm³/mol. The summed E-state index contributed by atoms with van der Waals surface area (Å²) in [6.45, 7) is 0. The van der Waals surface area contributed by atoms with Gasteiger partial charge in [0.25, 0.3) is 0 Å². The van der Waals surface area contributed by atoms with Gasteiger partial charge >= 0.3 is 6.18 Å². The highest BCUT2D eigenvalue weighted by Gasteiger charge is 2.36. The van der Waals surface area contributed by atoms with Crippen LogP contribution in [0.1, 0.15) is 55.6 Å². The van der Waals surface area contributed by atoms with Gasteiger partial charge in [0.15, 0.2) is 0 Å². The maximum Gasteiger partial charge on any atom is 0.417 e. The third kappa shape index (κ3) is 8.93. The van der Waals surface area contributed by atoms with Gasteiger partial charge < -0.3 is 9.13 Å². The van der Waals surface area contributed by atoms with E-state index in [1.54, 1.807) is 77.4 Å². The number of rotatable bonds is 7. The third-order valence-corrected chi connectivity index (χ3v) is 14.8. The van der Waals surface area contributed by atoms with Gasteiger partial charge in [-0.2, -0.15) is 60.5 Å². The number of nitriles is 9. The average Bonchev–Trinajstić information content (AvgIpc) is 3.92. The summed E-state index contributed by atoms with van der Waals surface area (Å²) in [5.74, 6) is 0. The summed E-state index contributed by atoms with van der Waals surface area (Å²) in [6, 6.07) is 68.1. The van der Waals surface area contributed by atoms with Crippen LogP contribution in [0.4, 0.5) is 13.2 Å². The van der Waals surface area contributed by atoms with Gasteiger partial charge in [0, 0.05) is 21.5 Å². The number of hydrogen-bond donors (Lipinski definition) is 0. The van der Waals surface area contributed by atoms with Gasteiger partial charge in [0.1, 0.15) is 0 Å². The van der Waals surface area contributed by atoms with Crippen molar-refractivity contribution in [3.63, 3.8) is 0 Å². The van der Waals surface area contributed by atoms with Crippen molar-refractivity contribution in [2.24, 2.45) is 0 Å². The molecule has 0 spiro atoms. The second kappa shape index (κ2) is 20.3. The quantitative estimate of drug-likeness (QED) is 0.148. The summed E-state index contributed by atoms with van der Waals surface area (Å²) in [7, 11) is 0. The zero-order chi connectivity index (χ0) is 58.6. The third-order valence-electron chi connectivity index (χ3n) is 14.8. The molecule has 12 rings (SSSR count). The molecule has 0 aliphatic rings. The molecule has 0 aliphatic carbocycles. The van der Waals surface area contributed by atoms with E-state index in [1.165, 1.54) is 54.6 Å². The van der Waals surface area contributed by atoms with Crippen molar-refractivity contribution >= 4 is 43.6 Å². The highest BCUT2D eigenvalue weighted by molar-refractivity contribution is 6.14. The molecule has 0 fully saturated rings. The lowest BCUT2D eigenvalue weighted by molar-refractivity contribution is -0.137. The zero-order valence-corrected chi connectivity index (χ0v) is 43.4. The van der Waals surface area contributed by atoms with Crippen LogP contribution in [-0.4, -0.2) is 9.13 Å². The summed E-state index contributed by atoms with van der Waals surface area (Å²) < 4.78 is 52.9. The summed E-state index contributed by atoms with van der Waals surface area (Å²) in [5, 5.41) is 93.2. The van der Waals surface area contributed by atoms with Gasteiger partial charge in [-0.05, 0) is 177 Å². The minimum absolute atomic E-state index is 0.00473. The number of benzene rings is 10. The van der Waals surface area contributed by atoms with E-state index >= 15 is 13.2 Å². The highest BCUT2D eigenvalue weighted by atomic mass is 19.4. The van der Waals surface area contributed by atoms with Crippen LogP contribution in [0.5, 0.6) is 0 Å². The molecular weight excluding hydrogens is 1050 g/mol. The smallest absolute Gasteiger partial charge is 0.307 e. The number of halogens is 3. The van der Waals surface area contributed by atoms with E-state index in [1.807, 2.05) is 53.1 Å². The Bertz CT molecular complexity index is 4930. The fourth-order valence-corrected chi connectivity index (χ4v) is 11.1. The Hall–Kier alpha value is -13.0. The number of nitrogens with zero attached hydrogens (tertiary/aromatic N) is 11. The number of alkyl halides is 3. The average molecular weight is 1080 g/mol.